The van der Waals surface area contributed by atoms with Crippen LogP contribution in [0, 0.1) is 11.7 Å². The van der Waals surface area contributed by atoms with Gasteiger partial charge in [0.25, 0.3) is 5.56 Å². The summed E-state index contributed by atoms with van der Waals surface area (Å²) in [6, 6.07) is 3.66. The molecule has 3 amide bonds. The molecule has 12 heteroatoms. The van der Waals surface area contributed by atoms with Crippen molar-refractivity contribution in [3.63, 3.8) is 0 Å². The van der Waals surface area contributed by atoms with Crippen LogP contribution in [0.15, 0.2) is 23.0 Å². The SMILES string of the molecule is NC(=O)C1CCN(c2nc3c(c(=O)[nH]2)[C@H](C(=O)Nc2ccc(F)c(Cl)c2)CC(=O)N3)CC1. The van der Waals surface area contributed by atoms with Crippen molar-refractivity contribution < 1.29 is 18.8 Å². The van der Waals surface area contributed by atoms with Crippen molar-refractivity contribution in [3.8, 4) is 0 Å². The fraction of sp³-hybridized carbons (Fsp3) is 0.350. The zero-order valence-corrected chi connectivity index (χ0v) is 17.5. The van der Waals surface area contributed by atoms with E-state index in [-0.39, 0.29) is 46.3 Å². The predicted octanol–water partition coefficient (Wildman–Crippen LogP) is 1.33. The Labute approximate surface area is 186 Å². The second-order valence-corrected chi connectivity index (χ2v) is 8.15. The zero-order valence-electron chi connectivity index (χ0n) is 16.8. The second kappa shape index (κ2) is 8.58. The first kappa shape index (κ1) is 21.8. The van der Waals surface area contributed by atoms with Gasteiger partial charge in [-0.25, -0.2) is 4.39 Å². The van der Waals surface area contributed by atoms with Crippen LogP contribution in [0.3, 0.4) is 0 Å². The first-order valence-electron chi connectivity index (χ1n) is 9.97. The van der Waals surface area contributed by atoms with Gasteiger partial charge in [0.05, 0.1) is 16.5 Å². The Morgan fingerprint density at radius 2 is 1.97 bits per heavy atom. The first-order valence-corrected chi connectivity index (χ1v) is 10.3. The number of piperidine rings is 1. The molecule has 3 heterocycles. The molecule has 0 unspecified atom stereocenters. The maximum absolute atomic E-state index is 13.4. The van der Waals surface area contributed by atoms with Crippen LogP contribution in [-0.2, 0) is 14.4 Å². The Balaban J connectivity index is 1.59. The molecule has 10 nitrogen and oxygen atoms in total. The van der Waals surface area contributed by atoms with Crippen LogP contribution < -0.4 is 26.8 Å². The van der Waals surface area contributed by atoms with Gasteiger partial charge in [0.15, 0.2) is 0 Å². The third-order valence-electron chi connectivity index (χ3n) is 5.64. The molecule has 1 aromatic heterocycles. The number of nitrogens with zero attached hydrogens (tertiary/aromatic N) is 2. The number of primary amides is 1. The van der Waals surface area contributed by atoms with E-state index in [1.54, 1.807) is 4.90 Å². The van der Waals surface area contributed by atoms with Gasteiger partial charge in [-0.15, -0.1) is 0 Å². The summed E-state index contributed by atoms with van der Waals surface area (Å²) in [5.74, 6) is -3.16. The van der Waals surface area contributed by atoms with Crippen molar-refractivity contribution in [2.45, 2.75) is 25.2 Å². The molecule has 5 N–H and O–H groups in total. The Morgan fingerprint density at radius 1 is 1.25 bits per heavy atom. The normalized spacial score (nSPS) is 18.6. The van der Waals surface area contributed by atoms with Gasteiger partial charge in [0.1, 0.15) is 11.6 Å². The largest absolute Gasteiger partial charge is 0.369 e. The maximum atomic E-state index is 13.4. The Hall–Kier alpha value is -3.47. The number of aromatic nitrogens is 2. The highest BCUT2D eigenvalue weighted by molar-refractivity contribution is 6.31. The van der Waals surface area contributed by atoms with Crippen LogP contribution in [0.5, 0.6) is 0 Å². The number of nitrogens with one attached hydrogen (secondary N) is 3. The van der Waals surface area contributed by atoms with Crippen LogP contribution in [0.2, 0.25) is 5.02 Å². The number of carbonyl (C=O) groups excluding carboxylic acids is 3. The average Bonchev–Trinajstić information content (AvgIpc) is 2.75. The van der Waals surface area contributed by atoms with Gasteiger partial charge in [-0.05, 0) is 31.0 Å². The van der Waals surface area contributed by atoms with E-state index in [2.05, 4.69) is 20.6 Å². The summed E-state index contributed by atoms with van der Waals surface area (Å²) < 4.78 is 13.4. The summed E-state index contributed by atoms with van der Waals surface area (Å²) >= 11 is 5.74. The molecule has 168 valence electrons. The summed E-state index contributed by atoms with van der Waals surface area (Å²) in [6.07, 6.45) is 0.795. The number of carbonyl (C=O) groups is 3. The molecule has 1 aromatic carbocycles. The number of amides is 3. The van der Waals surface area contributed by atoms with Gasteiger partial charge in [-0.3, -0.25) is 24.2 Å². The lowest BCUT2D eigenvalue weighted by Gasteiger charge is -2.32. The van der Waals surface area contributed by atoms with Gasteiger partial charge in [0, 0.05) is 31.1 Å². The zero-order chi connectivity index (χ0) is 23.0. The van der Waals surface area contributed by atoms with Gasteiger partial charge >= 0.3 is 0 Å². The molecule has 0 spiro atoms. The number of hydrogen-bond donors (Lipinski definition) is 4. The van der Waals surface area contributed by atoms with Crippen LogP contribution in [0.4, 0.5) is 21.8 Å². The van der Waals surface area contributed by atoms with E-state index in [0.29, 0.717) is 25.9 Å². The van der Waals surface area contributed by atoms with Crippen LogP contribution in [0.25, 0.3) is 0 Å². The molecule has 1 fully saturated rings. The van der Waals surface area contributed by atoms with Crippen molar-refractivity contribution >= 4 is 46.8 Å². The van der Waals surface area contributed by atoms with Crippen LogP contribution in [-0.4, -0.2) is 40.8 Å². The van der Waals surface area contributed by atoms with Crippen molar-refractivity contribution in [3.05, 3.63) is 45.0 Å². The summed E-state index contributed by atoms with van der Waals surface area (Å²) in [7, 11) is 0. The average molecular weight is 463 g/mol. The molecule has 1 saturated heterocycles. The van der Waals surface area contributed by atoms with Crippen molar-refractivity contribution in [2.75, 3.05) is 28.6 Å². The van der Waals surface area contributed by atoms with E-state index in [0.717, 1.165) is 6.07 Å². The number of fused-ring (bicyclic) bond motifs is 1. The molecule has 0 bridgehead atoms. The van der Waals surface area contributed by atoms with E-state index in [9.17, 15) is 23.6 Å². The highest BCUT2D eigenvalue weighted by Gasteiger charge is 2.35. The fourth-order valence-corrected chi connectivity index (χ4v) is 4.09. The molecular formula is C20H20ClFN6O4. The van der Waals surface area contributed by atoms with E-state index in [1.165, 1.54) is 12.1 Å². The lowest BCUT2D eigenvalue weighted by Crippen LogP contribution is -2.41. The minimum atomic E-state index is -1.09. The van der Waals surface area contributed by atoms with E-state index in [4.69, 9.17) is 17.3 Å². The highest BCUT2D eigenvalue weighted by atomic mass is 35.5. The fourth-order valence-electron chi connectivity index (χ4n) is 3.91. The predicted molar refractivity (Wildman–Crippen MR) is 115 cm³/mol. The molecule has 2 aliphatic heterocycles. The number of hydrogen-bond acceptors (Lipinski definition) is 6. The molecule has 32 heavy (non-hydrogen) atoms. The van der Waals surface area contributed by atoms with Gasteiger partial charge in [-0.2, -0.15) is 4.98 Å². The lowest BCUT2D eigenvalue weighted by molar-refractivity contribution is -0.123. The number of halogens is 2. The Kier molecular flexibility index (Phi) is 5.83. The molecule has 0 saturated carbocycles. The number of anilines is 3. The van der Waals surface area contributed by atoms with Crippen molar-refractivity contribution in [1.82, 2.24) is 9.97 Å². The minimum Gasteiger partial charge on any atom is -0.369 e. The monoisotopic (exact) mass is 462 g/mol. The molecular weight excluding hydrogens is 443 g/mol. The van der Waals surface area contributed by atoms with Gasteiger partial charge in [-0.1, -0.05) is 11.6 Å². The molecule has 2 aromatic rings. The third-order valence-corrected chi connectivity index (χ3v) is 5.93. The van der Waals surface area contributed by atoms with Crippen molar-refractivity contribution in [1.29, 1.82) is 0 Å². The highest BCUT2D eigenvalue weighted by Crippen LogP contribution is 2.31. The molecule has 1 atom stereocenters. The second-order valence-electron chi connectivity index (χ2n) is 7.74. The summed E-state index contributed by atoms with van der Waals surface area (Å²) in [6.45, 7) is 0.914. The van der Waals surface area contributed by atoms with E-state index < -0.39 is 29.1 Å². The number of rotatable bonds is 4. The smallest absolute Gasteiger partial charge is 0.258 e. The summed E-state index contributed by atoms with van der Waals surface area (Å²) in [5, 5.41) is 4.94. The van der Waals surface area contributed by atoms with E-state index in [1.807, 2.05) is 0 Å². The molecule has 0 radical (unpaired) electrons. The summed E-state index contributed by atoms with van der Waals surface area (Å²) in [5.41, 5.74) is 5.06. The van der Waals surface area contributed by atoms with Crippen LogP contribution >= 0.6 is 11.6 Å². The molecule has 2 aliphatic rings. The van der Waals surface area contributed by atoms with Gasteiger partial charge < -0.3 is 21.3 Å². The Morgan fingerprint density at radius 3 is 2.62 bits per heavy atom. The van der Waals surface area contributed by atoms with E-state index >= 15 is 0 Å². The lowest BCUT2D eigenvalue weighted by atomic mass is 9.92. The number of H-pyrrole nitrogens is 1. The Bertz CT molecular complexity index is 1160. The number of nitrogens with two attached hydrogens (primary N) is 1. The molecule has 0 aliphatic carbocycles. The van der Waals surface area contributed by atoms with Crippen molar-refractivity contribution in [2.24, 2.45) is 11.7 Å². The maximum Gasteiger partial charge on any atom is 0.258 e. The molecule has 4 rings (SSSR count). The minimum absolute atomic E-state index is 0.00862. The topological polar surface area (TPSA) is 150 Å². The first-order chi connectivity index (χ1) is 15.2. The summed E-state index contributed by atoms with van der Waals surface area (Å²) in [4.78, 5) is 58.1. The van der Waals surface area contributed by atoms with Crippen LogP contribution in [0.1, 0.15) is 30.7 Å². The van der Waals surface area contributed by atoms with Gasteiger partial charge in [0.2, 0.25) is 23.7 Å². The number of aromatic amines is 1. The third kappa shape index (κ3) is 4.28. The standard InChI is InChI=1S/C20H20ClFN6O4/c21-12-7-10(1-2-13(12)22)24-18(31)11-8-14(29)25-17-15(11)19(32)27-20(26-17)28-5-3-9(4-6-28)16(23)30/h1-2,7,9,11H,3-6,8H2,(H2,23,30)(H,24,31)(H2,25,26,27,29,32)/t11-/m1/s1. The quantitative estimate of drug-likeness (QED) is 0.538. The number of benzene rings is 1.